The molecular formula is C16H21F2N3O5S. The molecule has 150 valence electrons. The summed E-state index contributed by atoms with van der Waals surface area (Å²) in [6.45, 7) is 3.25. The summed E-state index contributed by atoms with van der Waals surface area (Å²) in [5, 5.41) is 4.68. The number of benzene rings is 1. The molecule has 1 aromatic rings. The minimum Gasteiger partial charge on any atom is -0.360 e. The van der Waals surface area contributed by atoms with Gasteiger partial charge in [0, 0.05) is 12.6 Å². The van der Waals surface area contributed by atoms with Gasteiger partial charge in [-0.25, -0.2) is 17.2 Å². The standard InChI is InChI=1S/C16H21F2N3O5S/c1-10(2)20-16(23)15(22)19-9-14-21(6-3-7-26-14)27(24,25)13-8-11(17)4-5-12(13)18/h4-5,8,10,14H,3,6-7,9H2,1-2H3,(H,19,22)(H,20,23)/t14-/m0/s1. The zero-order valence-corrected chi connectivity index (χ0v) is 15.7. The van der Waals surface area contributed by atoms with Gasteiger partial charge in [-0.2, -0.15) is 4.31 Å². The number of nitrogens with zero attached hydrogens (tertiary/aromatic N) is 1. The Kier molecular flexibility index (Phi) is 6.84. The van der Waals surface area contributed by atoms with Crippen LogP contribution in [0, 0.1) is 11.6 Å². The zero-order chi connectivity index (χ0) is 20.2. The summed E-state index contributed by atoms with van der Waals surface area (Å²) in [7, 11) is -4.41. The quantitative estimate of drug-likeness (QED) is 0.688. The van der Waals surface area contributed by atoms with E-state index in [0.717, 1.165) is 16.4 Å². The van der Waals surface area contributed by atoms with Gasteiger partial charge >= 0.3 is 11.8 Å². The molecule has 0 unspecified atom stereocenters. The van der Waals surface area contributed by atoms with Crippen LogP contribution in [0.4, 0.5) is 8.78 Å². The smallest absolute Gasteiger partial charge is 0.309 e. The highest BCUT2D eigenvalue weighted by molar-refractivity contribution is 7.89. The van der Waals surface area contributed by atoms with E-state index in [1.165, 1.54) is 0 Å². The molecule has 1 aromatic carbocycles. The monoisotopic (exact) mass is 405 g/mol. The van der Waals surface area contributed by atoms with E-state index in [1.807, 2.05) is 0 Å². The maximum absolute atomic E-state index is 14.0. The van der Waals surface area contributed by atoms with Gasteiger partial charge in [-0.15, -0.1) is 0 Å². The molecule has 0 saturated carbocycles. The molecule has 2 rings (SSSR count). The fourth-order valence-corrected chi connectivity index (χ4v) is 4.13. The van der Waals surface area contributed by atoms with Crippen molar-refractivity contribution in [1.82, 2.24) is 14.9 Å². The largest absolute Gasteiger partial charge is 0.360 e. The molecule has 0 bridgehead atoms. The molecule has 0 spiro atoms. The highest BCUT2D eigenvalue weighted by Gasteiger charge is 2.36. The highest BCUT2D eigenvalue weighted by atomic mass is 32.2. The van der Waals surface area contributed by atoms with Crippen LogP contribution < -0.4 is 10.6 Å². The number of nitrogens with one attached hydrogen (secondary N) is 2. The van der Waals surface area contributed by atoms with Crippen molar-refractivity contribution in [2.45, 2.75) is 37.4 Å². The van der Waals surface area contributed by atoms with Gasteiger partial charge in [0.05, 0.1) is 13.2 Å². The maximum atomic E-state index is 14.0. The average molecular weight is 405 g/mol. The van der Waals surface area contributed by atoms with Gasteiger partial charge in [0.2, 0.25) is 10.0 Å². The van der Waals surface area contributed by atoms with E-state index in [4.69, 9.17) is 4.74 Å². The minimum atomic E-state index is -4.41. The minimum absolute atomic E-state index is 0.00296. The SMILES string of the molecule is CC(C)NC(=O)C(=O)NC[C@@H]1OCCCN1S(=O)(=O)c1cc(F)ccc1F. The van der Waals surface area contributed by atoms with Gasteiger partial charge in [0.1, 0.15) is 22.8 Å². The first kappa shape index (κ1) is 21.2. The number of carbonyl (C=O) groups excluding carboxylic acids is 2. The lowest BCUT2D eigenvalue weighted by Gasteiger charge is -2.34. The van der Waals surface area contributed by atoms with E-state index in [-0.39, 0.29) is 25.7 Å². The second kappa shape index (κ2) is 8.72. The summed E-state index contributed by atoms with van der Waals surface area (Å²) in [6.07, 6.45) is -0.809. The molecule has 2 N–H and O–H groups in total. The van der Waals surface area contributed by atoms with Crippen molar-refractivity contribution in [3.63, 3.8) is 0 Å². The Morgan fingerprint density at radius 3 is 2.67 bits per heavy atom. The number of hydrogen-bond donors (Lipinski definition) is 2. The summed E-state index contributed by atoms with van der Waals surface area (Å²) in [5.41, 5.74) is 0. The Hall–Kier alpha value is -2.11. The number of rotatable bonds is 5. The molecule has 8 nitrogen and oxygen atoms in total. The fourth-order valence-electron chi connectivity index (χ4n) is 2.49. The predicted molar refractivity (Wildman–Crippen MR) is 90.9 cm³/mol. The normalized spacial score (nSPS) is 18.3. The van der Waals surface area contributed by atoms with Crippen LogP contribution in [-0.4, -0.2) is 56.5 Å². The van der Waals surface area contributed by atoms with Crippen LogP contribution in [-0.2, 0) is 24.3 Å². The van der Waals surface area contributed by atoms with Gasteiger partial charge in [0.25, 0.3) is 0 Å². The van der Waals surface area contributed by atoms with E-state index in [1.54, 1.807) is 13.8 Å². The van der Waals surface area contributed by atoms with Gasteiger partial charge in [-0.05, 0) is 38.5 Å². The molecular weight excluding hydrogens is 384 g/mol. The van der Waals surface area contributed by atoms with E-state index >= 15 is 0 Å². The predicted octanol–water partition coefficient (Wildman–Crippen LogP) is 0.343. The van der Waals surface area contributed by atoms with Crippen molar-refractivity contribution in [2.75, 3.05) is 19.7 Å². The topological polar surface area (TPSA) is 105 Å². The number of halogens is 2. The first-order chi connectivity index (χ1) is 12.6. The molecule has 2 amide bonds. The molecule has 27 heavy (non-hydrogen) atoms. The number of amides is 2. The van der Waals surface area contributed by atoms with E-state index in [0.29, 0.717) is 12.5 Å². The van der Waals surface area contributed by atoms with Crippen molar-refractivity contribution in [3.8, 4) is 0 Å². The summed E-state index contributed by atoms with van der Waals surface area (Å²) in [5.74, 6) is -3.82. The Bertz CT molecular complexity index is 816. The zero-order valence-electron chi connectivity index (χ0n) is 14.9. The molecule has 1 aliphatic heterocycles. The lowest BCUT2D eigenvalue weighted by Crippen LogP contribution is -2.53. The number of ether oxygens (including phenoxy) is 1. The van der Waals surface area contributed by atoms with Crippen molar-refractivity contribution in [3.05, 3.63) is 29.8 Å². The van der Waals surface area contributed by atoms with Gasteiger partial charge in [-0.3, -0.25) is 9.59 Å². The summed E-state index contributed by atoms with van der Waals surface area (Å²) < 4.78 is 59.0. The Morgan fingerprint density at radius 2 is 2.00 bits per heavy atom. The van der Waals surface area contributed by atoms with Crippen LogP contribution in [0.25, 0.3) is 0 Å². The number of hydrogen-bond acceptors (Lipinski definition) is 5. The Labute approximate surface area is 155 Å². The van der Waals surface area contributed by atoms with Crippen molar-refractivity contribution in [2.24, 2.45) is 0 Å². The van der Waals surface area contributed by atoms with Gasteiger partial charge in [0.15, 0.2) is 0 Å². The second-order valence-corrected chi connectivity index (χ2v) is 8.07. The molecule has 1 fully saturated rings. The molecule has 1 heterocycles. The third-order valence-electron chi connectivity index (χ3n) is 3.70. The Balaban J connectivity index is 2.16. The molecule has 1 aliphatic rings. The maximum Gasteiger partial charge on any atom is 0.309 e. The molecule has 0 radical (unpaired) electrons. The molecule has 0 aliphatic carbocycles. The van der Waals surface area contributed by atoms with Crippen LogP contribution >= 0.6 is 0 Å². The highest BCUT2D eigenvalue weighted by Crippen LogP contribution is 2.24. The summed E-state index contributed by atoms with van der Waals surface area (Å²) >= 11 is 0. The van der Waals surface area contributed by atoms with Crippen molar-refractivity contribution in [1.29, 1.82) is 0 Å². The van der Waals surface area contributed by atoms with Crippen LogP contribution in [0.2, 0.25) is 0 Å². The van der Waals surface area contributed by atoms with E-state index in [9.17, 15) is 26.8 Å². The first-order valence-electron chi connectivity index (χ1n) is 8.30. The average Bonchev–Trinajstić information content (AvgIpc) is 2.61. The van der Waals surface area contributed by atoms with E-state index < -0.39 is 44.6 Å². The van der Waals surface area contributed by atoms with E-state index in [2.05, 4.69) is 10.6 Å². The molecule has 11 heteroatoms. The number of sulfonamides is 1. The number of carbonyl (C=O) groups is 2. The van der Waals surface area contributed by atoms with Crippen LogP contribution in [0.3, 0.4) is 0 Å². The van der Waals surface area contributed by atoms with Crippen molar-refractivity contribution < 1.29 is 31.5 Å². The van der Waals surface area contributed by atoms with Gasteiger partial charge in [-0.1, -0.05) is 0 Å². The third kappa shape index (κ3) is 5.21. The lowest BCUT2D eigenvalue weighted by molar-refractivity contribution is -0.140. The molecule has 1 atom stereocenters. The summed E-state index contributed by atoms with van der Waals surface area (Å²) in [6, 6.07) is 1.87. The van der Waals surface area contributed by atoms with Crippen LogP contribution in [0.15, 0.2) is 23.1 Å². The third-order valence-corrected chi connectivity index (χ3v) is 5.60. The van der Waals surface area contributed by atoms with Crippen LogP contribution in [0.1, 0.15) is 20.3 Å². The lowest BCUT2D eigenvalue weighted by atomic mass is 10.3. The first-order valence-corrected chi connectivity index (χ1v) is 9.74. The van der Waals surface area contributed by atoms with Gasteiger partial charge < -0.3 is 15.4 Å². The molecule has 1 saturated heterocycles. The van der Waals surface area contributed by atoms with Crippen molar-refractivity contribution >= 4 is 21.8 Å². The van der Waals surface area contributed by atoms with Crippen LogP contribution in [0.5, 0.6) is 0 Å². The summed E-state index contributed by atoms with van der Waals surface area (Å²) in [4.78, 5) is 22.6. The molecule has 0 aromatic heterocycles. The fraction of sp³-hybridized carbons (Fsp3) is 0.500. The second-order valence-electron chi connectivity index (χ2n) is 6.21. The Morgan fingerprint density at radius 1 is 1.30 bits per heavy atom.